The smallest absolute Gasteiger partial charge is 0.360 e. The molecule has 0 unspecified atom stereocenters. The molecule has 2 N–H and O–H groups in total. The number of esters is 1. The fraction of sp³-hybridized carbons (Fsp3) is 0.286. The highest BCUT2D eigenvalue weighted by molar-refractivity contribution is 5.92. The molecule has 0 radical (unpaired) electrons. The van der Waals surface area contributed by atoms with Crippen molar-refractivity contribution in [3.63, 3.8) is 0 Å². The number of ether oxygens (including phenoxy) is 1. The Kier molecular flexibility index (Phi) is 4.21. The summed E-state index contributed by atoms with van der Waals surface area (Å²) in [5.41, 5.74) is 6.14. The van der Waals surface area contributed by atoms with Gasteiger partial charge in [-0.2, -0.15) is 0 Å². The van der Waals surface area contributed by atoms with Gasteiger partial charge in [0.05, 0.1) is 13.7 Å². The molecule has 0 aliphatic carbocycles. The molecule has 0 atom stereocenters. The summed E-state index contributed by atoms with van der Waals surface area (Å²) in [5.74, 6) is -1.36. The van der Waals surface area contributed by atoms with Crippen molar-refractivity contribution in [3.8, 4) is 0 Å². The molecule has 2 rings (SSSR count). The maximum absolute atomic E-state index is 13.7. The summed E-state index contributed by atoms with van der Waals surface area (Å²) in [6.45, 7) is 1.89. The number of nitrogens with two attached hydrogens (primary N) is 1. The number of aryl methyl sites for hydroxylation is 1. The number of carbonyl (C=O) groups is 1. The van der Waals surface area contributed by atoms with Crippen LogP contribution in [0.5, 0.6) is 0 Å². The predicted octanol–water partition coefficient (Wildman–Crippen LogP) is 2.14. The number of rotatable bonds is 4. The zero-order valence-corrected chi connectivity index (χ0v) is 11.7. The van der Waals surface area contributed by atoms with Gasteiger partial charge in [-0.05, 0) is 6.07 Å². The van der Waals surface area contributed by atoms with Crippen molar-refractivity contribution >= 4 is 11.8 Å². The highest BCUT2D eigenvalue weighted by Gasteiger charge is 2.21. The van der Waals surface area contributed by atoms with Crippen molar-refractivity contribution in [3.05, 3.63) is 46.9 Å². The van der Waals surface area contributed by atoms with Gasteiger partial charge in [-0.3, -0.25) is 0 Å². The Morgan fingerprint density at radius 3 is 2.71 bits per heavy atom. The molecule has 0 saturated carbocycles. The van der Waals surface area contributed by atoms with Gasteiger partial charge in [0.15, 0.2) is 5.69 Å². The van der Waals surface area contributed by atoms with Gasteiger partial charge in [-0.1, -0.05) is 13.0 Å². The summed E-state index contributed by atoms with van der Waals surface area (Å²) in [6, 6.07) is 3.30. The fourth-order valence-corrected chi connectivity index (χ4v) is 2.03. The van der Waals surface area contributed by atoms with Crippen LogP contribution in [0.4, 0.5) is 14.6 Å². The van der Waals surface area contributed by atoms with Crippen LogP contribution in [-0.4, -0.2) is 22.6 Å². The molecular formula is C14H15F2N3O2. The second-order valence-corrected chi connectivity index (χ2v) is 4.43. The summed E-state index contributed by atoms with van der Waals surface area (Å²) in [6.07, 6.45) is 0.504. The Bertz CT molecular complexity index is 683. The van der Waals surface area contributed by atoms with Crippen molar-refractivity contribution in [2.45, 2.75) is 19.9 Å². The van der Waals surface area contributed by atoms with Crippen LogP contribution in [0.1, 0.15) is 28.8 Å². The molecule has 0 saturated heterocycles. The maximum atomic E-state index is 13.7. The standard InChI is InChI=1S/C14H15F2N3O2/c1-3-11-18-12(14(20)21-2)13(17)19(11)7-8-4-5-9(15)6-10(8)16/h4-6H,3,7,17H2,1-2H3. The van der Waals surface area contributed by atoms with E-state index < -0.39 is 17.6 Å². The summed E-state index contributed by atoms with van der Waals surface area (Å²) < 4.78 is 32.8. The van der Waals surface area contributed by atoms with Crippen LogP contribution >= 0.6 is 0 Å². The number of hydrogen-bond acceptors (Lipinski definition) is 4. The molecule has 0 spiro atoms. The van der Waals surface area contributed by atoms with Gasteiger partial charge in [0, 0.05) is 18.1 Å². The van der Waals surface area contributed by atoms with Gasteiger partial charge in [-0.25, -0.2) is 18.6 Å². The monoisotopic (exact) mass is 295 g/mol. The quantitative estimate of drug-likeness (QED) is 0.877. The molecule has 1 aromatic heterocycles. The van der Waals surface area contributed by atoms with Crippen LogP contribution in [0, 0.1) is 11.6 Å². The van der Waals surface area contributed by atoms with E-state index >= 15 is 0 Å². The topological polar surface area (TPSA) is 70.1 Å². The first-order valence-corrected chi connectivity index (χ1v) is 6.35. The largest absolute Gasteiger partial charge is 0.464 e. The highest BCUT2D eigenvalue weighted by atomic mass is 19.1. The third kappa shape index (κ3) is 2.86. The average molecular weight is 295 g/mol. The van der Waals surface area contributed by atoms with Crippen molar-refractivity contribution in [2.24, 2.45) is 0 Å². The molecular weight excluding hydrogens is 280 g/mol. The molecule has 2 aromatic rings. The van der Waals surface area contributed by atoms with Crippen LogP contribution in [0.3, 0.4) is 0 Å². The maximum Gasteiger partial charge on any atom is 0.360 e. The number of halogens is 2. The first-order valence-electron chi connectivity index (χ1n) is 6.35. The van der Waals surface area contributed by atoms with Crippen LogP contribution in [0.25, 0.3) is 0 Å². The molecule has 0 aliphatic rings. The van der Waals surface area contributed by atoms with Gasteiger partial charge in [-0.15, -0.1) is 0 Å². The number of nitrogen functional groups attached to an aromatic ring is 1. The van der Waals surface area contributed by atoms with E-state index in [-0.39, 0.29) is 23.6 Å². The number of aromatic nitrogens is 2. The van der Waals surface area contributed by atoms with E-state index in [9.17, 15) is 13.6 Å². The summed E-state index contributed by atoms with van der Waals surface area (Å²) in [5, 5.41) is 0. The van der Waals surface area contributed by atoms with Gasteiger partial charge < -0.3 is 15.0 Å². The number of imidazole rings is 1. The second-order valence-electron chi connectivity index (χ2n) is 4.43. The van der Waals surface area contributed by atoms with Crippen molar-refractivity contribution in [1.29, 1.82) is 0 Å². The van der Waals surface area contributed by atoms with E-state index in [2.05, 4.69) is 9.72 Å². The van der Waals surface area contributed by atoms with Crippen molar-refractivity contribution in [2.75, 3.05) is 12.8 Å². The number of carbonyl (C=O) groups excluding carboxylic acids is 1. The third-order valence-electron chi connectivity index (χ3n) is 3.12. The summed E-state index contributed by atoms with van der Waals surface area (Å²) in [4.78, 5) is 15.7. The molecule has 7 heteroatoms. The Hall–Kier alpha value is -2.44. The summed E-state index contributed by atoms with van der Waals surface area (Å²) >= 11 is 0. The molecule has 0 aliphatic heterocycles. The van der Waals surface area contributed by atoms with Gasteiger partial charge in [0.25, 0.3) is 0 Å². The first-order chi connectivity index (χ1) is 9.97. The van der Waals surface area contributed by atoms with Crippen LogP contribution in [0.2, 0.25) is 0 Å². The molecule has 5 nitrogen and oxygen atoms in total. The van der Waals surface area contributed by atoms with E-state index in [1.54, 1.807) is 0 Å². The Morgan fingerprint density at radius 1 is 1.43 bits per heavy atom. The molecule has 0 bridgehead atoms. The molecule has 112 valence electrons. The SMILES string of the molecule is CCc1nc(C(=O)OC)c(N)n1Cc1ccc(F)cc1F. The van der Waals surface area contributed by atoms with Crippen molar-refractivity contribution < 1.29 is 18.3 Å². The average Bonchev–Trinajstić information content (AvgIpc) is 2.78. The number of benzene rings is 1. The van der Waals surface area contributed by atoms with Gasteiger partial charge >= 0.3 is 5.97 Å². The minimum Gasteiger partial charge on any atom is -0.464 e. The molecule has 1 aromatic carbocycles. The molecule has 0 fully saturated rings. The molecule has 1 heterocycles. The lowest BCUT2D eigenvalue weighted by atomic mass is 10.2. The fourth-order valence-electron chi connectivity index (χ4n) is 2.03. The normalized spacial score (nSPS) is 10.7. The lowest BCUT2D eigenvalue weighted by Gasteiger charge is -2.10. The first kappa shape index (κ1) is 15.0. The Labute approximate surface area is 120 Å². The van der Waals surface area contributed by atoms with Crippen LogP contribution < -0.4 is 5.73 Å². The number of hydrogen-bond donors (Lipinski definition) is 1. The highest BCUT2D eigenvalue weighted by Crippen LogP contribution is 2.20. The zero-order chi connectivity index (χ0) is 15.6. The van der Waals surface area contributed by atoms with E-state index in [0.29, 0.717) is 12.2 Å². The van der Waals surface area contributed by atoms with E-state index in [1.807, 2.05) is 6.92 Å². The molecule has 21 heavy (non-hydrogen) atoms. The van der Waals surface area contributed by atoms with Crippen LogP contribution in [-0.2, 0) is 17.7 Å². The third-order valence-corrected chi connectivity index (χ3v) is 3.12. The summed E-state index contributed by atoms with van der Waals surface area (Å²) in [7, 11) is 1.23. The van der Waals surface area contributed by atoms with Gasteiger partial charge in [0.1, 0.15) is 23.3 Å². The number of nitrogens with zero attached hydrogens (tertiary/aromatic N) is 2. The minimum absolute atomic E-state index is 0.00290. The van der Waals surface area contributed by atoms with Gasteiger partial charge in [0.2, 0.25) is 0 Å². The van der Waals surface area contributed by atoms with E-state index in [4.69, 9.17) is 5.73 Å². The zero-order valence-electron chi connectivity index (χ0n) is 11.7. The van der Waals surface area contributed by atoms with E-state index in [0.717, 1.165) is 6.07 Å². The Balaban J connectivity index is 2.43. The Morgan fingerprint density at radius 2 is 2.14 bits per heavy atom. The minimum atomic E-state index is -0.676. The lowest BCUT2D eigenvalue weighted by Crippen LogP contribution is -2.11. The second kappa shape index (κ2) is 5.90. The number of methoxy groups -OCH3 is 1. The predicted molar refractivity (Wildman–Crippen MR) is 72.8 cm³/mol. The van der Waals surface area contributed by atoms with Crippen LogP contribution in [0.15, 0.2) is 18.2 Å². The van der Waals surface area contributed by atoms with E-state index in [1.165, 1.54) is 23.8 Å². The lowest BCUT2D eigenvalue weighted by molar-refractivity contribution is 0.0595. The van der Waals surface area contributed by atoms with Crippen molar-refractivity contribution in [1.82, 2.24) is 9.55 Å². The number of anilines is 1. The molecule has 0 amide bonds.